The highest BCUT2D eigenvalue weighted by Crippen LogP contribution is 2.32. The third kappa shape index (κ3) is 3.16. The molecule has 19 heavy (non-hydrogen) atoms. The third-order valence-corrected chi connectivity index (χ3v) is 3.88. The summed E-state index contributed by atoms with van der Waals surface area (Å²) in [7, 11) is 0. The molecule has 2 unspecified atom stereocenters. The number of hydrogen-bond acceptors (Lipinski definition) is 2. The van der Waals surface area contributed by atoms with Gasteiger partial charge >= 0.3 is 0 Å². The lowest BCUT2D eigenvalue weighted by molar-refractivity contribution is 0.101. The minimum atomic E-state index is -1.18. The van der Waals surface area contributed by atoms with Crippen LogP contribution in [0.1, 0.15) is 39.2 Å². The van der Waals surface area contributed by atoms with Gasteiger partial charge in [-0.25, -0.2) is 9.40 Å². The van der Waals surface area contributed by atoms with Gasteiger partial charge in [-0.3, -0.25) is 0 Å². The number of hydrazine groups is 1. The Morgan fingerprint density at radius 1 is 1.47 bits per heavy atom. The van der Waals surface area contributed by atoms with Gasteiger partial charge in [0.2, 0.25) is 0 Å². The van der Waals surface area contributed by atoms with E-state index in [1.54, 1.807) is 6.92 Å². The molecule has 0 bridgehead atoms. The summed E-state index contributed by atoms with van der Waals surface area (Å²) in [5.41, 5.74) is 5.44. The largest absolute Gasteiger partial charge is 0.318 e. The van der Waals surface area contributed by atoms with Crippen LogP contribution in [0.2, 0.25) is 0 Å². The molecule has 0 fully saturated rings. The summed E-state index contributed by atoms with van der Waals surface area (Å²) in [6.45, 7) is 10.2. The first kappa shape index (κ1) is 14.1. The van der Waals surface area contributed by atoms with Crippen molar-refractivity contribution in [1.82, 2.24) is 5.01 Å². The van der Waals surface area contributed by atoms with Crippen LogP contribution in [0.5, 0.6) is 0 Å². The van der Waals surface area contributed by atoms with Gasteiger partial charge in [0.15, 0.2) is 0 Å². The lowest BCUT2D eigenvalue weighted by Crippen LogP contribution is -2.45. The molecular formula is C16H23FN2. The van der Waals surface area contributed by atoms with E-state index < -0.39 is 5.67 Å². The zero-order valence-corrected chi connectivity index (χ0v) is 12.0. The summed E-state index contributed by atoms with van der Waals surface area (Å²) in [5.74, 6) is 0. The second kappa shape index (κ2) is 5.33. The smallest absolute Gasteiger partial charge is 0.122 e. The molecular weight excluding hydrogens is 239 g/mol. The molecule has 2 atom stereocenters. The molecule has 1 aromatic carbocycles. The lowest BCUT2D eigenvalue weighted by atomic mass is 10.00. The molecule has 0 amide bonds. The first-order valence-corrected chi connectivity index (χ1v) is 6.92. The molecule has 1 aliphatic rings. The fourth-order valence-corrected chi connectivity index (χ4v) is 2.39. The fraction of sp³-hybridized carbons (Fsp3) is 0.500. The van der Waals surface area contributed by atoms with Gasteiger partial charge in [0.05, 0.1) is 12.2 Å². The highest BCUT2D eigenvalue weighted by molar-refractivity contribution is 5.75. The molecule has 3 heteroatoms. The normalized spacial score (nSPS) is 23.2. The molecule has 104 valence electrons. The van der Waals surface area contributed by atoms with Gasteiger partial charge < -0.3 is 5.43 Å². The Balaban J connectivity index is 2.26. The van der Waals surface area contributed by atoms with E-state index >= 15 is 0 Å². The van der Waals surface area contributed by atoms with E-state index in [9.17, 15) is 4.39 Å². The number of anilines is 1. The Morgan fingerprint density at radius 2 is 2.16 bits per heavy atom. The number of alkyl halides is 1. The van der Waals surface area contributed by atoms with Crippen LogP contribution < -0.4 is 5.43 Å². The van der Waals surface area contributed by atoms with Crippen LogP contribution in [0.15, 0.2) is 30.8 Å². The number of fused-ring (bicyclic) bond motifs is 1. The Morgan fingerprint density at radius 3 is 2.84 bits per heavy atom. The van der Waals surface area contributed by atoms with Crippen molar-refractivity contribution in [2.75, 3.05) is 12.0 Å². The summed E-state index contributed by atoms with van der Waals surface area (Å²) in [6.07, 6.45) is 1.37. The van der Waals surface area contributed by atoms with E-state index in [0.29, 0.717) is 13.0 Å². The lowest BCUT2D eigenvalue weighted by Gasteiger charge is -2.33. The van der Waals surface area contributed by atoms with E-state index in [-0.39, 0.29) is 6.04 Å². The van der Waals surface area contributed by atoms with E-state index in [1.165, 1.54) is 0 Å². The van der Waals surface area contributed by atoms with Crippen LogP contribution in [-0.4, -0.2) is 23.3 Å². The van der Waals surface area contributed by atoms with Gasteiger partial charge in [0, 0.05) is 11.6 Å². The van der Waals surface area contributed by atoms with Crippen molar-refractivity contribution in [2.45, 2.75) is 45.3 Å². The highest BCUT2D eigenvalue weighted by Gasteiger charge is 2.29. The quantitative estimate of drug-likeness (QED) is 0.875. The van der Waals surface area contributed by atoms with Gasteiger partial charge in [0.25, 0.3) is 0 Å². The van der Waals surface area contributed by atoms with E-state index in [0.717, 1.165) is 23.2 Å². The first-order valence-electron chi connectivity index (χ1n) is 6.92. The zero-order chi connectivity index (χ0) is 14.0. The fourth-order valence-electron chi connectivity index (χ4n) is 2.39. The van der Waals surface area contributed by atoms with Crippen molar-refractivity contribution in [3.63, 3.8) is 0 Å². The molecule has 1 N–H and O–H groups in total. The number of nitrogens with one attached hydrogen (secondary N) is 1. The maximum Gasteiger partial charge on any atom is 0.122 e. The maximum absolute atomic E-state index is 14.3. The number of halogens is 1. The zero-order valence-electron chi connectivity index (χ0n) is 12.0. The average Bonchev–Trinajstić information content (AvgIpc) is 2.48. The first-order chi connectivity index (χ1) is 8.93. The predicted molar refractivity (Wildman–Crippen MR) is 79.7 cm³/mol. The van der Waals surface area contributed by atoms with E-state index in [1.807, 2.05) is 30.1 Å². The van der Waals surface area contributed by atoms with Crippen LogP contribution in [0.25, 0.3) is 5.57 Å². The average molecular weight is 262 g/mol. The number of para-hydroxylation sites is 1. The summed E-state index contributed by atoms with van der Waals surface area (Å²) < 4.78 is 14.3. The number of nitrogens with zero attached hydrogens (tertiary/aromatic N) is 1. The van der Waals surface area contributed by atoms with Crippen molar-refractivity contribution in [3.05, 3.63) is 36.4 Å². The third-order valence-electron chi connectivity index (χ3n) is 3.88. The van der Waals surface area contributed by atoms with Gasteiger partial charge in [-0.05, 0) is 38.3 Å². The molecule has 0 aromatic heterocycles. The van der Waals surface area contributed by atoms with Crippen molar-refractivity contribution < 1.29 is 4.39 Å². The van der Waals surface area contributed by atoms with Crippen molar-refractivity contribution in [3.8, 4) is 0 Å². The molecule has 0 saturated carbocycles. The minimum Gasteiger partial charge on any atom is -0.318 e. The van der Waals surface area contributed by atoms with Crippen molar-refractivity contribution in [1.29, 1.82) is 0 Å². The van der Waals surface area contributed by atoms with Gasteiger partial charge in [-0.2, -0.15) is 0 Å². The van der Waals surface area contributed by atoms with Gasteiger partial charge in [0.1, 0.15) is 5.67 Å². The maximum atomic E-state index is 14.3. The molecule has 1 aliphatic heterocycles. The second-order valence-corrected chi connectivity index (χ2v) is 5.71. The Kier molecular flexibility index (Phi) is 3.95. The molecule has 0 saturated heterocycles. The number of rotatable bonds is 3. The standard InChI is InChI=1S/C16H23FN2/c1-5-16(4,17)11-19-13(3)10-12(2)14-8-6-7-9-15(14)18-19/h6-9,13,18H,2,5,10-11H2,1,3-4H3. The van der Waals surface area contributed by atoms with Crippen LogP contribution >= 0.6 is 0 Å². The molecule has 1 aromatic rings. The van der Waals surface area contributed by atoms with Crippen molar-refractivity contribution in [2.24, 2.45) is 0 Å². The Hall–Kier alpha value is -1.35. The van der Waals surface area contributed by atoms with Gasteiger partial charge in [-0.1, -0.05) is 31.7 Å². The molecule has 0 aliphatic carbocycles. The second-order valence-electron chi connectivity index (χ2n) is 5.71. The molecule has 0 radical (unpaired) electrons. The van der Waals surface area contributed by atoms with Crippen molar-refractivity contribution >= 4 is 11.3 Å². The molecule has 1 heterocycles. The van der Waals surface area contributed by atoms with Gasteiger partial charge in [-0.15, -0.1) is 0 Å². The summed E-state index contributed by atoms with van der Waals surface area (Å²) >= 11 is 0. The predicted octanol–water partition coefficient (Wildman–Crippen LogP) is 4.26. The van der Waals surface area contributed by atoms with E-state index in [2.05, 4.69) is 25.0 Å². The Bertz CT molecular complexity index is 468. The number of hydrogen-bond donors (Lipinski definition) is 1. The Labute approximate surface area is 115 Å². The van der Waals surface area contributed by atoms with E-state index in [4.69, 9.17) is 0 Å². The summed E-state index contributed by atoms with van der Waals surface area (Å²) in [4.78, 5) is 0. The topological polar surface area (TPSA) is 15.3 Å². The molecule has 2 rings (SSSR count). The minimum absolute atomic E-state index is 0.224. The summed E-state index contributed by atoms with van der Waals surface area (Å²) in [5, 5.41) is 2.00. The van der Waals surface area contributed by atoms with Crippen LogP contribution in [0.4, 0.5) is 10.1 Å². The van der Waals surface area contributed by atoms with Crippen LogP contribution in [0.3, 0.4) is 0 Å². The molecule has 0 spiro atoms. The highest BCUT2D eigenvalue weighted by atomic mass is 19.1. The number of benzene rings is 1. The summed E-state index contributed by atoms with van der Waals surface area (Å²) in [6, 6.07) is 8.31. The SMILES string of the molecule is C=C1CC(C)N(CC(C)(F)CC)Nc2ccccc21. The van der Waals surface area contributed by atoms with Crippen LogP contribution in [0, 0.1) is 0 Å². The monoisotopic (exact) mass is 262 g/mol. The van der Waals surface area contributed by atoms with Crippen LogP contribution in [-0.2, 0) is 0 Å². The molecule has 2 nitrogen and oxygen atoms in total.